The maximum Gasteiger partial charge on any atom is 0.324 e. The summed E-state index contributed by atoms with van der Waals surface area (Å²) >= 11 is 0. The fourth-order valence-electron chi connectivity index (χ4n) is 2.74. The Kier molecular flexibility index (Phi) is 5.44. The predicted octanol–water partition coefficient (Wildman–Crippen LogP) is 3.14. The monoisotopic (exact) mass is 241 g/mol. The summed E-state index contributed by atoms with van der Waals surface area (Å²) in [6, 6.07) is 0. The van der Waals surface area contributed by atoms with Gasteiger partial charge in [-0.25, -0.2) is 0 Å². The molecular weight excluding hydrogens is 214 g/mol. The first-order valence-electron chi connectivity index (χ1n) is 6.93. The lowest BCUT2D eigenvalue weighted by Gasteiger charge is -2.38. The molecule has 1 rings (SSSR count). The number of hydrogen-bond acceptors (Lipinski definition) is 2. The molecule has 0 amide bonds. The van der Waals surface area contributed by atoms with E-state index in [1.54, 1.807) is 0 Å². The summed E-state index contributed by atoms with van der Waals surface area (Å²) in [5, 5.41) is 9.61. The van der Waals surface area contributed by atoms with Crippen LogP contribution >= 0.6 is 0 Å². The van der Waals surface area contributed by atoms with E-state index < -0.39 is 11.5 Å². The lowest BCUT2D eigenvalue weighted by molar-refractivity contribution is -0.152. The normalized spacial score (nSPS) is 20.5. The van der Waals surface area contributed by atoms with Crippen LogP contribution in [0.25, 0.3) is 0 Å². The van der Waals surface area contributed by atoms with Gasteiger partial charge in [0.15, 0.2) is 0 Å². The number of carboxylic acid groups (broad SMARTS) is 1. The van der Waals surface area contributed by atoms with Crippen molar-refractivity contribution in [1.29, 1.82) is 0 Å². The molecule has 17 heavy (non-hydrogen) atoms. The lowest BCUT2D eigenvalue weighted by atomic mass is 9.88. The zero-order valence-electron chi connectivity index (χ0n) is 11.5. The smallest absolute Gasteiger partial charge is 0.324 e. The standard InChI is InChI=1S/C14H27NO2/c1-12(2)8-11-15(3)14(13(16)17)9-6-4-5-7-10-14/h12H,4-11H2,1-3H3,(H,16,17). The number of carbonyl (C=O) groups is 1. The molecule has 0 aromatic heterocycles. The molecule has 3 nitrogen and oxygen atoms in total. The molecule has 100 valence electrons. The molecule has 0 heterocycles. The van der Waals surface area contributed by atoms with Crippen molar-refractivity contribution in [3.63, 3.8) is 0 Å². The van der Waals surface area contributed by atoms with Crippen LogP contribution in [0.2, 0.25) is 0 Å². The third-order valence-corrected chi connectivity index (χ3v) is 4.10. The maximum atomic E-state index is 11.7. The van der Waals surface area contributed by atoms with Gasteiger partial charge in [0.1, 0.15) is 5.54 Å². The minimum absolute atomic E-state index is 0.592. The minimum Gasteiger partial charge on any atom is -0.480 e. The van der Waals surface area contributed by atoms with E-state index in [0.29, 0.717) is 5.92 Å². The quantitative estimate of drug-likeness (QED) is 0.752. The number of nitrogens with zero attached hydrogens (tertiary/aromatic N) is 1. The third-order valence-electron chi connectivity index (χ3n) is 4.10. The largest absolute Gasteiger partial charge is 0.480 e. The van der Waals surface area contributed by atoms with E-state index in [9.17, 15) is 9.90 Å². The van der Waals surface area contributed by atoms with E-state index in [1.165, 1.54) is 12.8 Å². The Hall–Kier alpha value is -0.570. The number of likely N-dealkylation sites (N-methyl/N-ethyl adjacent to an activating group) is 1. The van der Waals surface area contributed by atoms with E-state index >= 15 is 0 Å². The number of aliphatic carboxylic acids is 1. The third kappa shape index (κ3) is 3.70. The molecule has 0 aliphatic heterocycles. The molecule has 1 fully saturated rings. The summed E-state index contributed by atoms with van der Waals surface area (Å²) in [5.74, 6) is 0.0136. The summed E-state index contributed by atoms with van der Waals surface area (Å²) in [7, 11) is 1.99. The highest BCUT2D eigenvalue weighted by Crippen LogP contribution is 2.32. The van der Waals surface area contributed by atoms with Gasteiger partial charge in [-0.1, -0.05) is 39.5 Å². The van der Waals surface area contributed by atoms with Crippen molar-refractivity contribution < 1.29 is 9.90 Å². The molecule has 0 saturated heterocycles. The lowest BCUT2D eigenvalue weighted by Crippen LogP contribution is -2.53. The van der Waals surface area contributed by atoms with Crippen molar-refractivity contribution >= 4 is 5.97 Å². The average Bonchev–Trinajstić information content (AvgIpc) is 2.51. The highest BCUT2D eigenvalue weighted by Gasteiger charge is 2.41. The van der Waals surface area contributed by atoms with Crippen LogP contribution in [0.15, 0.2) is 0 Å². The SMILES string of the molecule is CC(C)CCN(C)C1(C(=O)O)CCCCCC1. The van der Waals surface area contributed by atoms with E-state index in [0.717, 1.165) is 38.6 Å². The first kappa shape index (κ1) is 14.5. The van der Waals surface area contributed by atoms with E-state index in [-0.39, 0.29) is 0 Å². The summed E-state index contributed by atoms with van der Waals surface area (Å²) in [4.78, 5) is 13.8. The van der Waals surface area contributed by atoms with Crippen LogP contribution in [0.3, 0.4) is 0 Å². The molecule has 0 radical (unpaired) electrons. The van der Waals surface area contributed by atoms with E-state index in [4.69, 9.17) is 0 Å². The molecule has 1 aliphatic carbocycles. The number of rotatable bonds is 5. The van der Waals surface area contributed by atoms with Crippen molar-refractivity contribution in [3.8, 4) is 0 Å². The molecular formula is C14H27NO2. The topological polar surface area (TPSA) is 40.5 Å². The fourth-order valence-corrected chi connectivity index (χ4v) is 2.74. The average molecular weight is 241 g/mol. The summed E-state index contributed by atoms with van der Waals surface area (Å²) < 4.78 is 0. The van der Waals surface area contributed by atoms with Gasteiger partial charge in [-0.05, 0) is 38.8 Å². The van der Waals surface area contributed by atoms with Crippen molar-refractivity contribution in [2.75, 3.05) is 13.6 Å². The van der Waals surface area contributed by atoms with Gasteiger partial charge in [-0.2, -0.15) is 0 Å². The minimum atomic E-state index is -0.620. The predicted molar refractivity (Wildman–Crippen MR) is 70.2 cm³/mol. The molecule has 0 atom stereocenters. The Bertz CT molecular complexity index is 243. The Labute approximate surface area is 105 Å². The molecule has 0 aromatic carbocycles. The molecule has 1 aliphatic rings. The molecule has 0 bridgehead atoms. The van der Waals surface area contributed by atoms with Gasteiger partial charge in [0.05, 0.1) is 0 Å². The zero-order valence-corrected chi connectivity index (χ0v) is 11.5. The van der Waals surface area contributed by atoms with Gasteiger partial charge in [0.2, 0.25) is 0 Å². The first-order chi connectivity index (χ1) is 7.99. The van der Waals surface area contributed by atoms with Crippen LogP contribution in [-0.4, -0.2) is 35.1 Å². The van der Waals surface area contributed by atoms with Crippen molar-refractivity contribution in [2.45, 2.75) is 64.3 Å². The Morgan fingerprint density at radius 2 is 1.76 bits per heavy atom. The van der Waals surface area contributed by atoms with Crippen molar-refractivity contribution in [2.24, 2.45) is 5.92 Å². The van der Waals surface area contributed by atoms with Crippen LogP contribution in [-0.2, 0) is 4.79 Å². The Morgan fingerprint density at radius 1 is 1.24 bits per heavy atom. The van der Waals surface area contributed by atoms with E-state index in [1.807, 2.05) is 7.05 Å². The van der Waals surface area contributed by atoms with Gasteiger partial charge in [-0.15, -0.1) is 0 Å². The van der Waals surface area contributed by atoms with Crippen LogP contribution in [0.1, 0.15) is 58.8 Å². The van der Waals surface area contributed by atoms with Crippen LogP contribution < -0.4 is 0 Å². The zero-order chi connectivity index (χ0) is 12.9. The molecule has 0 aromatic rings. The molecule has 3 heteroatoms. The number of hydrogen-bond donors (Lipinski definition) is 1. The highest BCUT2D eigenvalue weighted by atomic mass is 16.4. The fraction of sp³-hybridized carbons (Fsp3) is 0.929. The number of carboxylic acids is 1. The van der Waals surface area contributed by atoms with Gasteiger partial charge >= 0.3 is 5.97 Å². The second kappa shape index (κ2) is 6.39. The first-order valence-corrected chi connectivity index (χ1v) is 6.93. The van der Waals surface area contributed by atoms with Gasteiger partial charge in [-0.3, -0.25) is 9.69 Å². The van der Waals surface area contributed by atoms with Crippen molar-refractivity contribution in [1.82, 2.24) is 4.90 Å². The van der Waals surface area contributed by atoms with Gasteiger partial charge in [0, 0.05) is 0 Å². The van der Waals surface area contributed by atoms with Crippen LogP contribution in [0.5, 0.6) is 0 Å². The Balaban J connectivity index is 2.71. The highest BCUT2D eigenvalue weighted by molar-refractivity contribution is 5.78. The van der Waals surface area contributed by atoms with Crippen LogP contribution in [0.4, 0.5) is 0 Å². The molecule has 0 spiro atoms. The summed E-state index contributed by atoms with van der Waals surface area (Å²) in [5.41, 5.74) is -0.592. The second-order valence-electron chi connectivity index (χ2n) is 5.86. The molecule has 0 unspecified atom stereocenters. The Morgan fingerprint density at radius 3 is 2.18 bits per heavy atom. The maximum absolute atomic E-state index is 11.7. The molecule has 1 N–H and O–H groups in total. The van der Waals surface area contributed by atoms with E-state index in [2.05, 4.69) is 18.7 Å². The second-order valence-corrected chi connectivity index (χ2v) is 5.86. The van der Waals surface area contributed by atoms with Crippen molar-refractivity contribution in [3.05, 3.63) is 0 Å². The summed E-state index contributed by atoms with van der Waals surface area (Å²) in [6.45, 7) is 5.27. The summed E-state index contributed by atoms with van der Waals surface area (Å²) in [6.07, 6.45) is 7.19. The van der Waals surface area contributed by atoms with Gasteiger partial charge < -0.3 is 5.11 Å². The van der Waals surface area contributed by atoms with Crippen LogP contribution in [0, 0.1) is 5.92 Å². The van der Waals surface area contributed by atoms with Gasteiger partial charge in [0.25, 0.3) is 0 Å². The molecule has 1 saturated carbocycles.